The van der Waals surface area contributed by atoms with Gasteiger partial charge in [-0.3, -0.25) is 4.79 Å². The number of hydrogen-bond donors (Lipinski definition) is 1. The first-order valence-electron chi connectivity index (χ1n) is 7.40. The van der Waals surface area contributed by atoms with E-state index in [-0.39, 0.29) is 5.91 Å². The highest BCUT2D eigenvalue weighted by atomic mass is 35.5. The molecule has 0 unspecified atom stereocenters. The highest BCUT2D eigenvalue weighted by molar-refractivity contribution is 6.31. The van der Waals surface area contributed by atoms with Crippen LogP contribution in [0.15, 0.2) is 42.5 Å². The molecule has 2 aromatic carbocycles. The summed E-state index contributed by atoms with van der Waals surface area (Å²) in [6.45, 7) is 4.66. The minimum absolute atomic E-state index is 0.223. The lowest BCUT2D eigenvalue weighted by atomic mass is 10.1. The molecule has 0 aliphatic rings. The van der Waals surface area contributed by atoms with Crippen LogP contribution in [0.3, 0.4) is 0 Å². The molecule has 0 fully saturated rings. The van der Waals surface area contributed by atoms with E-state index in [1.807, 2.05) is 31.2 Å². The second-order valence-corrected chi connectivity index (χ2v) is 5.60. The van der Waals surface area contributed by atoms with E-state index in [1.54, 1.807) is 18.2 Å². The number of unbranched alkanes of at least 4 members (excludes halogenated alkanes) is 1. The molecule has 0 aliphatic heterocycles. The number of ether oxygens (including phenoxy) is 1. The smallest absolute Gasteiger partial charge is 0.259 e. The number of carbonyl (C=O) groups is 1. The summed E-state index contributed by atoms with van der Waals surface area (Å²) in [6, 6.07) is 12.8. The molecule has 0 radical (unpaired) electrons. The van der Waals surface area contributed by atoms with Gasteiger partial charge in [0.2, 0.25) is 0 Å². The van der Waals surface area contributed by atoms with Crippen molar-refractivity contribution in [3.8, 4) is 5.75 Å². The first-order chi connectivity index (χ1) is 10.6. The Morgan fingerprint density at radius 1 is 1.23 bits per heavy atom. The second-order valence-electron chi connectivity index (χ2n) is 5.17. The monoisotopic (exact) mass is 317 g/mol. The Labute approximate surface area is 136 Å². The summed E-state index contributed by atoms with van der Waals surface area (Å²) < 4.78 is 5.70. The van der Waals surface area contributed by atoms with Gasteiger partial charge in [0, 0.05) is 10.7 Å². The number of amides is 1. The van der Waals surface area contributed by atoms with Gasteiger partial charge in [-0.25, -0.2) is 0 Å². The van der Waals surface area contributed by atoms with Crippen molar-refractivity contribution in [1.82, 2.24) is 0 Å². The molecule has 0 saturated carbocycles. The zero-order valence-corrected chi connectivity index (χ0v) is 13.6. The fourth-order valence-corrected chi connectivity index (χ4v) is 2.23. The lowest BCUT2D eigenvalue weighted by Gasteiger charge is -2.12. The molecule has 2 rings (SSSR count). The van der Waals surface area contributed by atoms with Crippen molar-refractivity contribution in [2.24, 2.45) is 0 Å². The van der Waals surface area contributed by atoms with Gasteiger partial charge < -0.3 is 10.1 Å². The molecule has 0 saturated heterocycles. The highest BCUT2D eigenvalue weighted by Crippen LogP contribution is 2.24. The third-order valence-electron chi connectivity index (χ3n) is 3.22. The number of benzene rings is 2. The van der Waals surface area contributed by atoms with Gasteiger partial charge >= 0.3 is 0 Å². The molecule has 0 aliphatic carbocycles. The Morgan fingerprint density at radius 3 is 2.77 bits per heavy atom. The molecule has 1 N–H and O–H groups in total. The zero-order valence-electron chi connectivity index (χ0n) is 12.9. The Morgan fingerprint density at radius 2 is 2.05 bits per heavy atom. The van der Waals surface area contributed by atoms with E-state index in [9.17, 15) is 4.79 Å². The summed E-state index contributed by atoms with van der Waals surface area (Å²) >= 11 is 6.01. The van der Waals surface area contributed by atoms with Gasteiger partial charge in [0.25, 0.3) is 5.91 Å². The molecule has 4 heteroatoms. The number of anilines is 1. The summed E-state index contributed by atoms with van der Waals surface area (Å²) in [5.41, 5.74) is 2.29. The van der Waals surface area contributed by atoms with Crippen LogP contribution in [0.5, 0.6) is 5.75 Å². The van der Waals surface area contributed by atoms with Gasteiger partial charge in [-0.2, -0.15) is 0 Å². The van der Waals surface area contributed by atoms with E-state index in [2.05, 4.69) is 12.2 Å². The molecule has 22 heavy (non-hydrogen) atoms. The highest BCUT2D eigenvalue weighted by Gasteiger charge is 2.14. The lowest BCUT2D eigenvalue weighted by Crippen LogP contribution is -2.14. The van der Waals surface area contributed by atoms with Crippen LogP contribution in [-0.2, 0) is 0 Å². The van der Waals surface area contributed by atoms with Crippen LogP contribution in [0.25, 0.3) is 0 Å². The Kier molecular flexibility index (Phi) is 5.84. The van der Waals surface area contributed by atoms with Crippen LogP contribution in [0.1, 0.15) is 35.7 Å². The molecule has 2 aromatic rings. The predicted molar refractivity (Wildman–Crippen MR) is 91.0 cm³/mol. The molecule has 0 spiro atoms. The van der Waals surface area contributed by atoms with Crippen molar-refractivity contribution >= 4 is 23.2 Å². The fourth-order valence-electron chi connectivity index (χ4n) is 2.05. The van der Waals surface area contributed by atoms with E-state index in [4.69, 9.17) is 16.3 Å². The van der Waals surface area contributed by atoms with E-state index in [0.717, 1.165) is 24.1 Å². The summed E-state index contributed by atoms with van der Waals surface area (Å²) in [4.78, 5) is 12.5. The van der Waals surface area contributed by atoms with E-state index >= 15 is 0 Å². The molecule has 1 amide bonds. The van der Waals surface area contributed by atoms with Crippen molar-refractivity contribution in [2.45, 2.75) is 26.7 Å². The maximum atomic E-state index is 12.5. The number of nitrogens with one attached hydrogen (secondary N) is 1. The summed E-state index contributed by atoms with van der Waals surface area (Å²) in [7, 11) is 0. The average molecular weight is 318 g/mol. The van der Waals surface area contributed by atoms with Crippen LogP contribution in [0.2, 0.25) is 5.02 Å². The van der Waals surface area contributed by atoms with E-state index < -0.39 is 0 Å². The van der Waals surface area contributed by atoms with Gasteiger partial charge in [0.05, 0.1) is 12.2 Å². The van der Waals surface area contributed by atoms with E-state index in [1.165, 1.54) is 0 Å². The van der Waals surface area contributed by atoms with Crippen LogP contribution < -0.4 is 10.1 Å². The SMILES string of the molecule is CCCCOc1ccc(Cl)cc1C(=O)Nc1cccc(C)c1. The number of halogens is 1. The second kappa shape index (κ2) is 7.85. The number of hydrogen-bond acceptors (Lipinski definition) is 2. The normalized spacial score (nSPS) is 10.3. The van der Waals surface area contributed by atoms with Crippen LogP contribution in [-0.4, -0.2) is 12.5 Å². The van der Waals surface area contributed by atoms with Gasteiger partial charge in [-0.15, -0.1) is 0 Å². The van der Waals surface area contributed by atoms with Crippen molar-refractivity contribution in [1.29, 1.82) is 0 Å². The summed E-state index contributed by atoms with van der Waals surface area (Å²) in [6.07, 6.45) is 1.99. The Bertz CT molecular complexity index is 655. The topological polar surface area (TPSA) is 38.3 Å². The van der Waals surface area contributed by atoms with Gasteiger partial charge in [0.15, 0.2) is 0 Å². The van der Waals surface area contributed by atoms with Crippen LogP contribution in [0.4, 0.5) is 5.69 Å². The summed E-state index contributed by atoms with van der Waals surface area (Å²) in [5.74, 6) is 0.336. The largest absolute Gasteiger partial charge is 0.493 e. The van der Waals surface area contributed by atoms with Crippen molar-refractivity contribution in [3.05, 3.63) is 58.6 Å². The molecule has 0 atom stereocenters. The number of aryl methyl sites for hydroxylation is 1. The number of carbonyl (C=O) groups excluding carboxylic acids is 1. The molecule has 3 nitrogen and oxygen atoms in total. The van der Waals surface area contributed by atoms with Crippen molar-refractivity contribution < 1.29 is 9.53 Å². The standard InChI is InChI=1S/C18H20ClNO2/c1-3-4-10-22-17-9-8-14(19)12-16(17)18(21)20-15-7-5-6-13(2)11-15/h5-9,11-12H,3-4,10H2,1-2H3,(H,20,21). The Hall–Kier alpha value is -2.00. The maximum absolute atomic E-state index is 12.5. The third-order valence-corrected chi connectivity index (χ3v) is 3.45. The molecule has 0 aromatic heterocycles. The maximum Gasteiger partial charge on any atom is 0.259 e. The first kappa shape index (κ1) is 16.4. The van der Waals surface area contributed by atoms with Crippen molar-refractivity contribution in [3.63, 3.8) is 0 Å². The van der Waals surface area contributed by atoms with Crippen LogP contribution in [0, 0.1) is 6.92 Å². The molecule has 116 valence electrons. The van der Waals surface area contributed by atoms with Crippen LogP contribution >= 0.6 is 11.6 Å². The summed E-state index contributed by atoms with van der Waals surface area (Å²) in [5, 5.41) is 3.39. The molecular formula is C18H20ClNO2. The fraction of sp³-hybridized carbons (Fsp3) is 0.278. The van der Waals surface area contributed by atoms with Gasteiger partial charge in [-0.05, 0) is 49.2 Å². The van der Waals surface area contributed by atoms with Gasteiger partial charge in [-0.1, -0.05) is 37.1 Å². The predicted octanol–water partition coefficient (Wildman–Crippen LogP) is 5.08. The number of rotatable bonds is 6. The average Bonchev–Trinajstić information content (AvgIpc) is 2.49. The van der Waals surface area contributed by atoms with Gasteiger partial charge in [0.1, 0.15) is 5.75 Å². The molecule has 0 bridgehead atoms. The Balaban J connectivity index is 2.18. The lowest BCUT2D eigenvalue weighted by molar-refractivity contribution is 0.102. The minimum Gasteiger partial charge on any atom is -0.493 e. The first-order valence-corrected chi connectivity index (χ1v) is 7.78. The third kappa shape index (κ3) is 4.50. The molecule has 0 heterocycles. The quantitative estimate of drug-likeness (QED) is 0.754. The zero-order chi connectivity index (χ0) is 15.9. The van der Waals surface area contributed by atoms with E-state index in [0.29, 0.717) is 22.9 Å². The molecular weight excluding hydrogens is 298 g/mol. The van der Waals surface area contributed by atoms with Crippen molar-refractivity contribution in [2.75, 3.05) is 11.9 Å². The minimum atomic E-state index is -0.223.